The summed E-state index contributed by atoms with van der Waals surface area (Å²) in [6.45, 7) is 2.90. The largest absolute Gasteiger partial charge is 0.480 e. The summed E-state index contributed by atoms with van der Waals surface area (Å²) in [6.07, 6.45) is 1.66. The Labute approximate surface area is 151 Å². The van der Waals surface area contributed by atoms with Crippen LogP contribution in [0.2, 0.25) is 0 Å². The number of carboxylic acid groups (broad SMARTS) is 1. The predicted molar refractivity (Wildman–Crippen MR) is 102 cm³/mol. The van der Waals surface area contributed by atoms with E-state index in [4.69, 9.17) is 0 Å². The van der Waals surface area contributed by atoms with Crippen molar-refractivity contribution in [3.63, 3.8) is 0 Å². The Morgan fingerprint density at radius 2 is 1.96 bits per heavy atom. The normalized spacial score (nSPS) is 19.3. The van der Waals surface area contributed by atoms with Gasteiger partial charge in [0.25, 0.3) is 0 Å². The lowest BCUT2D eigenvalue weighted by atomic mass is 10.0. The number of hydrogen-bond acceptors (Lipinski definition) is 3. The molecule has 2 heterocycles. The van der Waals surface area contributed by atoms with E-state index in [1.54, 1.807) is 11.3 Å². The van der Waals surface area contributed by atoms with E-state index in [0.29, 0.717) is 0 Å². The molecule has 0 bridgehead atoms. The number of rotatable bonds is 4. The number of likely N-dealkylation sites (tertiary alicyclic amines) is 1. The first-order chi connectivity index (χ1) is 12.1. The van der Waals surface area contributed by atoms with Crippen LogP contribution in [0.25, 0.3) is 10.1 Å². The lowest BCUT2D eigenvalue weighted by Crippen LogP contribution is -2.39. The Morgan fingerprint density at radius 1 is 1.20 bits per heavy atom. The summed E-state index contributed by atoms with van der Waals surface area (Å²) >= 11 is 1.77. The van der Waals surface area contributed by atoms with Gasteiger partial charge in [0.1, 0.15) is 6.04 Å². The highest BCUT2D eigenvalue weighted by molar-refractivity contribution is 7.19. The van der Waals surface area contributed by atoms with Crippen LogP contribution >= 0.6 is 11.3 Å². The molecule has 2 aromatic carbocycles. The number of carboxylic acids is 1. The topological polar surface area (TPSA) is 40.5 Å². The molecule has 1 aliphatic rings. The van der Waals surface area contributed by atoms with E-state index in [1.807, 2.05) is 0 Å². The molecule has 0 radical (unpaired) electrons. The van der Waals surface area contributed by atoms with E-state index in [2.05, 4.69) is 66.4 Å². The van der Waals surface area contributed by atoms with Crippen LogP contribution in [0.3, 0.4) is 0 Å². The average Bonchev–Trinajstić information content (AvgIpc) is 3.24. The number of aliphatic carboxylic acids is 1. The average molecular weight is 351 g/mol. The highest BCUT2D eigenvalue weighted by Gasteiger charge is 2.37. The van der Waals surface area contributed by atoms with Gasteiger partial charge in [-0.05, 0) is 42.8 Å². The maximum absolute atomic E-state index is 11.8. The number of aryl methyl sites for hydroxylation is 1. The van der Waals surface area contributed by atoms with Crippen molar-refractivity contribution in [2.75, 3.05) is 6.54 Å². The van der Waals surface area contributed by atoms with Crippen molar-refractivity contribution in [1.82, 2.24) is 4.90 Å². The molecule has 3 aromatic rings. The quantitative estimate of drug-likeness (QED) is 0.730. The zero-order valence-corrected chi connectivity index (χ0v) is 15.0. The Balaban J connectivity index is 1.83. The minimum atomic E-state index is -0.712. The molecule has 1 N–H and O–H groups in total. The van der Waals surface area contributed by atoms with Crippen molar-refractivity contribution < 1.29 is 9.90 Å². The number of nitrogens with zero attached hydrogens (tertiary/aromatic N) is 1. The smallest absolute Gasteiger partial charge is 0.320 e. The van der Waals surface area contributed by atoms with Crippen molar-refractivity contribution in [2.24, 2.45) is 0 Å². The second kappa shape index (κ2) is 6.62. The van der Waals surface area contributed by atoms with E-state index in [1.165, 1.54) is 26.1 Å². The first kappa shape index (κ1) is 16.3. The monoisotopic (exact) mass is 351 g/mol. The zero-order valence-electron chi connectivity index (χ0n) is 14.2. The van der Waals surface area contributed by atoms with Crippen molar-refractivity contribution in [3.8, 4) is 0 Å². The predicted octanol–water partition coefficient (Wildman–Crippen LogP) is 4.85. The maximum Gasteiger partial charge on any atom is 0.320 e. The molecule has 25 heavy (non-hydrogen) atoms. The standard InChI is InChI=1S/C21H21NO2S/c1-14-8-10-15(11-9-14)20(22-12-4-6-17(22)21(23)24)19-13-16-5-2-3-7-18(16)25-19/h2-3,5,7-11,13,17,20H,4,6,12H2,1H3,(H,23,24). The molecular formula is C21H21NO2S. The molecule has 2 atom stereocenters. The van der Waals surface area contributed by atoms with E-state index in [-0.39, 0.29) is 6.04 Å². The Bertz CT molecular complexity index is 867. The molecule has 1 saturated heterocycles. The third-order valence-corrected chi connectivity index (χ3v) is 6.19. The van der Waals surface area contributed by atoms with E-state index in [9.17, 15) is 9.90 Å². The zero-order chi connectivity index (χ0) is 17.4. The fraction of sp³-hybridized carbons (Fsp3) is 0.286. The summed E-state index contributed by atoms with van der Waals surface area (Å²) in [5, 5.41) is 10.9. The van der Waals surface area contributed by atoms with Crippen molar-refractivity contribution in [3.05, 3.63) is 70.6 Å². The second-order valence-electron chi connectivity index (χ2n) is 6.73. The van der Waals surface area contributed by atoms with Gasteiger partial charge in [0.05, 0.1) is 6.04 Å². The highest BCUT2D eigenvalue weighted by atomic mass is 32.1. The first-order valence-corrected chi connectivity index (χ1v) is 9.49. The Kier molecular flexibility index (Phi) is 4.32. The molecule has 3 nitrogen and oxygen atoms in total. The van der Waals surface area contributed by atoms with Gasteiger partial charge in [-0.1, -0.05) is 48.0 Å². The van der Waals surface area contributed by atoms with Gasteiger partial charge in [-0.2, -0.15) is 0 Å². The molecule has 1 aromatic heterocycles. The summed E-state index contributed by atoms with van der Waals surface area (Å²) in [5.41, 5.74) is 2.39. The molecule has 0 saturated carbocycles. The maximum atomic E-state index is 11.8. The Hall–Kier alpha value is -2.17. The molecule has 0 aliphatic carbocycles. The van der Waals surface area contributed by atoms with Crippen LogP contribution in [0, 0.1) is 6.92 Å². The van der Waals surface area contributed by atoms with Gasteiger partial charge in [0, 0.05) is 16.1 Å². The van der Waals surface area contributed by atoms with Gasteiger partial charge < -0.3 is 5.11 Å². The Morgan fingerprint density at radius 3 is 2.68 bits per heavy atom. The van der Waals surface area contributed by atoms with Crippen LogP contribution in [0.15, 0.2) is 54.6 Å². The van der Waals surface area contributed by atoms with E-state index < -0.39 is 12.0 Å². The molecule has 4 heteroatoms. The van der Waals surface area contributed by atoms with E-state index >= 15 is 0 Å². The third-order valence-electron chi connectivity index (χ3n) is 5.02. The molecule has 4 rings (SSSR count). The van der Waals surface area contributed by atoms with E-state index in [0.717, 1.165) is 19.4 Å². The number of benzene rings is 2. The van der Waals surface area contributed by atoms with Crippen molar-refractivity contribution >= 4 is 27.4 Å². The van der Waals surface area contributed by atoms with Gasteiger partial charge >= 0.3 is 5.97 Å². The van der Waals surface area contributed by atoms with Crippen LogP contribution in [-0.4, -0.2) is 28.6 Å². The molecule has 0 amide bonds. The van der Waals surface area contributed by atoms with Gasteiger partial charge in [-0.15, -0.1) is 11.3 Å². The molecule has 2 unspecified atom stereocenters. The second-order valence-corrected chi connectivity index (χ2v) is 7.85. The number of fused-ring (bicyclic) bond motifs is 1. The highest BCUT2D eigenvalue weighted by Crippen LogP contribution is 2.40. The lowest BCUT2D eigenvalue weighted by molar-refractivity contribution is -0.142. The summed E-state index contributed by atoms with van der Waals surface area (Å²) in [7, 11) is 0. The van der Waals surface area contributed by atoms with Gasteiger partial charge in [0.15, 0.2) is 0 Å². The molecule has 128 valence electrons. The molecular weight excluding hydrogens is 330 g/mol. The van der Waals surface area contributed by atoms with Crippen LogP contribution < -0.4 is 0 Å². The minimum absolute atomic E-state index is 0.00148. The number of carbonyl (C=O) groups is 1. The van der Waals surface area contributed by atoms with Crippen LogP contribution in [0.4, 0.5) is 0 Å². The van der Waals surface area contributed by atoms with Crippen molar-refractivity contribution in [2.45, 2.75) is 31.8 Å². The fourth-order valence-corrected chi connectivity index (χ4v) is 4.98. The SMILES string of the molecule is Cc1ccc(C(c2cc3ccccc3s2)N2CCCC2C(=O)O)cc1. The number of hydrogen-bond donors (Lipinski definition) is 1. The van der Waals surface area contributed by atoms with Gasteiger partial charge in [-0.3, -0.25) is 9.69 Å². The van der Waals surface area contributed by atoms with Crippen molar-refractivity contribution in [1.29, 1.82) is 0 Å². The van der Waals surface area contributed by atoms with Crippen LogP contribution in [0.1, 0.15) is 34.9 Å². The minimum Gasteiger partial charge on any atom is -0.480 e. The first-order valence-electron chi connectivity index (χ1n) is 8.67. The third kappa shape index (κ3) is 3.08. The molecule has 1 aliphatic heterocycles. The molecule has 1 fully saturated rings. The van der Waals surface area contributed by atoms with Crippen LogP contribution in [-0.2, 0) is 4.79 Å². The van der Waals surface area contributed by atoms with Gasteiger partial charge in [0.2, 0.25) is 0 Å². The molecule has 0 spiro atoms. The number of thiophene rings is 1. The van der Waals surface area contributed by atoms with Crippen LogP contribution in [0.5, 0.6) is 0 Å². The fourth-order valence-electron chi connectivity index (χ4n) is 3.77. The van der Waals surface area contributed by atoms with Gasteiger partial charge in [-0.25, -0.2) is 0 Å². The summed E-state index contributed by atoms with van der Waals surface area (Å²) in [6, 6.07) is 18.7. The lowest BCUT2D eigenvalue weighted by Gasteiger charge is -2.31. The summed E-state index contributed by atoms with van der Waals surface area (Å²) < 4.78 is 1.25. The summed E-state index contributed by atoms with van der Waals surface area (Å²) in [4.78, 5) is 15.2. The summed E-state index contributed by atoms with van der Waals surface area (Å²) in [5.74, 6) is -0.712.